The van der Waals surface area contributed by atoms with Gasteiger partial charge in [-0.3, -0.25) is 4.79 Å². The van der Waals surface area contributed by atoms with Crippen molar-refractivity contribution in [3.05, 3.63) is 35.9 Å². The predicted molar refractivity (Wildman–Crippen MR) is 72.0 cm³/mol. The molecule has 1 aromatic heterocycles. The number of aromatic nitrogens is 1. The van der Waals surface area contributed by atoms with Crippen LogP contribution >= 0.6 is 0 Å². The Morgan fingerprint density at radius 2 is 2.11 bits per heavy atom. The van der Waals surface area contributed by atoms with Gasteiger partial charge in [-0.2, -0.15) is 0 Å². The highest BCUT2D eigenvalue weighted by Crippen LogP contribution is 2.18. The summed E-state index contributed by atoms with van der Waals surface area (Å²) in [5.74, 6) is 0.166. The fraction of sp³-hybridized carbons (Fsp3) is 0.286. The quantitative estimate of drug-likeness (QED) is 0.838. The maximum Gasteiger partial charge on any atom is 0.322 e. The van der Waals surface area contributed by atoms with Crippen LogP contribution in [0.4, 0.5) is 0 Å². The molecular weight excluding hydrogens is 244 g/mol. The van der Waals surface area contributed by atoms with Crippen LogP contribution in [0.3, 0.4) is 0 Å². The van der Waals surface area contributed by atoms with E-state index < -0.39 is 12.0 Å². The maximum absolute atomic E-state index is 11.3. The van der Waals surface area contributed by atoms with Crippen molar-refractivity contribution in [1.82, 2.24) is 4.98 Å². The molecule has 0 radical (unpaired) electrons. The number of hydrogen-bond acceptors (Lipinski definition) is 5. The van der Waals surface area contributed by atoms with E-state index in [-0.39, 0.29) is 0 Å². The Bertz CT molecular complexity index is 598. The topological polar surface area (TPSA) is 74.4 Å². The molecule has 0 aliphatic rings. The summed E-state index contributed by atoms with van der Waals surface area (Å²) in [6.07, 6.45) is 0.439. The molecule has 0 amide bonds. The van der Waals surface area contributed by atoms with E-state index in [1.165, 1.54) is 7.11 Å². The Morgan fingerprint density at radius 1 is 1.32 bits per heavy atom. The third-order valence-electron chi connectivity index (χ3n) is 2.90. The van der Waals surface area contributed by atoms with Gasteiger partial charge in [0.2, 0.25) is 5.88 Å². The molecule has 0 spiro atoms. The van der Waals surface area contributed by atoms with Gasteiger partial charge < -0.3 is 15.2 Å². The molecule has 1 unspecified atom stereocenters. The van der Waals surface area contributed by atoms with E-state index in [1.54, 1.807) is 13.2 Å². The molecule has 0 fully saturated rings. The fourth-order valence-corrected chi connectivity index (χ4v) is 1.89. The molecule has 1 atom stereocenters. The van der Waals surface area contributed by atoms with Gasteiger partial charge in [-0.25, -0.2) is 4.98 Å². The third-order valence-corrected chi connectivity index (χ3v) is 2.90. The molecule has 0 saturated heterocycles. The van der Waals surface area contributed by atoms with Crippen LogP contribution < -0.4 is 10.5 Å². The molecule has 5 nitrogen and oxygen atoms in total. The van der Waals surface area contributed by atoms with E-state index in [0.29, 0.717) is 12.3 Å². The van der Waals surface area contributed by atoms with Gasteiger partial charge in [-0.15, -0.1) is 0 Å². The molecule has 0 bridgehead atoms. The summed E-state index contributed by atoms with van der Waals surface area (Å²) >= 11 is 0. The van der Waals surface area contributed by atoms with Crippen LogP contribution in [0.2, 0.25) is 0 Å². The number of carbonyl (C=O) groups excluding carboxylic acids is 1. The molecule has 2 rings (SSSR count). The van der Waals surface area contributed by atoms with Crippen molar-refractivity contribution >= 4 is 16.9 Å². The fourth-order valence-electron chi connectivity index (χ4n) is 1.89. The summed E-state index contributed by atoms with van der Waals surface area (Å²) in [4.78, 5) is 15.6. The summed E-state index contributed by atoms with van der Waals surface area (Å²) in [7, 11) is 2.91. The molecule has 5 heteroatoms. The summed E-state index contributed by atoms with van der Waals surface area (Å²) in [5, 5.41) is 0.982. The van der Waals surface area contributed by atoms with Crippen LogP contribution in [0.1, 0.15) is 5.56 Å². The maximum atomic E-state index is 11.3. The van der Waals surface area contributed by atoms with Crippen molar-refractivity contribution < 1.29 is 14.3 Å². The highest BCUT2D eigenvalue weighted by molar-refractivity contribution is 5.80. The van der Waals surface area contributed by atoms with Gasteiger partial charge in [0.1, 0.15) is 6.04 Å². The molecule has 2 aromatic rings. The predicted octanol–water partition coefficient (Wildman–Crippen LogP) is 1.29. The average Bonchev–Trinajstić information content (AvgIpc) is 2.45. The van der Waals surface area contributed by atoms with Gasteiger partial charge in [0.15, 0.2) is 0 Å². The number of ether oxygens (including phenoxy) is 2. The lowest BCUT2D eigenvalue weighted by Crippen LogP contribution is -2.33. The van der Waals surface area contributed by atoms with Crippen LogP contribution in [0.15, 0.2) is 30.3 Å². The van der Waals surface area contributed by atoms with Crippen molar-refractivity contribution in [2.24, 2.45) is 5.73 Å². The number of nitrogens with zero attached hydrogens (tertiary/aromatic N) is 1. The lowest BCUT2D eigenvalue weighted by molar-refractivity contribution is -0.142. The molecule has 2 N–H and O–H groups in total. The van der Waals surface area contributed by atoms with Crippen molar-refractivity contribution in [3.8, 4) is 5.88 Å². The van der Waals surface area contributed by atoms with Crippen LogP contribution in [-0.4, -0.2) is 31.2 Å². The largest absolute Gasteiger partial charge is 0.481 e. The molecular formula is C14H16N2O3. The Morgan fingerprint density at radius 3 is 2.79 bits per heavy atom. The lowest BCUT2D eigenvalue weighted by Gasteiger charge is -2.10. The number of nitrogens with two attached hydrogens (primary N) is 1. The highest BCUT2D eigenvalue weighted by atomic mass is 16.5. The number of rotatable bonds is 4. The number of methoxy groups -OCH3 is 2. The summed E-state index contributed by atoms with van der Waals surface area (Å²) in [6.45, 7) is 0. The van der Waals surface area contributed by atoms with Crippen molar-refractivity contribution in [1.29, 1.82) is 0 Å². The van der Waals surface area contributed by atoms with Gasteiger partial charge in [-0.05, 0) is 30.2 Å². The Labute approximate surface area is 111 Å². The van der Waals surface area contributed by atoms with E-state index in [0.717, 1.165) is 16.5 Å². The lowest BCUT2D eigenvalue weighted by atomic mass is 10.0. The zero-order valence-corrected chi connectivity index (χ0v) is 10.9. The molecule has 1 aromatic carbocycles. The van der Waals surface area contributed by atoms with Crippen LogP contribution in [-0.2, 0) is 16.0 Å². The molecule has 0 aliphatic heterocycles. The second-order valence-electron chi connectivity index (χ2n) is 4.21. The Balaban J connectivity index is 2.24. The van der Waals surface area contributed by atoms with Crippen LogP contribution in [0.5, 0.6) is 5.88 Å². The van der Waals surface area contributed by atoms with Gasteiger partial charge in [-0.1, -0.05) is 6.07 Å². The van der Waals surface area contributed by atoms with Crippen molar-refractivity contribution in [2.75, 3.05) is 14.2 Å². The zero-order valence-electron chi connectivity index (χ0n) is 10.9. The summed E-state index contributed by atoms with van der Waals surface area (Å²) in [6, 6.07) is 8.83. The first-order valence-electron chi connectivity index (χ1n) is 5.91. The molecule has 100 valence electrons. The third kappa shape index (κ3) is 3.00. The number of carbonyl (C=O) groups is 1. The SMILES string of the molecule is COC(=O)C(N)Cc1ccc2nc(OC)ccc2c1. The highest BCUT2D eigenvalue weighted by Gasteiger charge is 2.14. The van der Waals surface area contributed by atoms with E-state index in [2.05, 4.69) is 9.72 Å². The van der Waals surface area contributed by atoms with Crippen molar-refractivity contribution in [2.45, 2.75) is 12.5 Å². The number of fused-ring (bicyclic) bond motifs is 1. The summed E-state index contributed by atoms with van der Waals surface area (Å²) in [5.41, 5.74) is 7.55. The number of pyridine rings is 1. The Hall–Kier alpha value is -2.14. The molecule has 19 heavy (non-hydrogen) atoms. The van der Waals surface area contributed by atoms with E-state index in [4.69, 9.17) is 10.5 Å². The van der Waals surface area contributed by atoms with Gasteiger partial charge in [0, 0.05) is 11.5 Å². The minimum absolute atomic E-state index is 0.409. The second kappa shape index (κ2) is 5.67. The zero-order chi connectivity index (χ0) is 13.8. The first kappa shape index (κ1) is 13.3. The van der Waals surface area contributed by atoms with Gasteiger partial charge in [0.05, 0.1) is 19.7 Å². The standard InChI is InChI=1S/C14H16N2O3/c1-18-13-6-4-10-7-9(3-5-12(10)16-13)8-11(15)14(17)19-2/h3-7,11H,8,15H2,1-2H3. The monoisotopic (exact) mass is 260 g/mol. The van der Waals surface area contributed by atoms with Crippen molar-refractivity contribution in [3.63, 3.8) is 0 Å². The van der Waals surface area contributed by atoms with Crippen LogP contribution in [0, 0.1) is 0 Å². The first-order chi connectivity index (χ1) is 9.13. The first-order valence-corrected chi connectivity index (χ1v) is 5.91. The number of benzene rings is 1. The number of esters is 1. The average molecular weight is 260 g/mol. The smallest absolute Gasteiger partial charge is 0.322 e. The molecule has 0 aliphatic carbocycles. The minimum atomic E-state index is -0.645. The summed E-state index contributed by atoms with van der Waals surface area (Å²) < 4.78 is 9.68. The van der Waals surface area contributed by atoms with E-state index >= 15 is 0 Å². The van der Waals surface area contributed by atoms with E-state index in [9.17, 15) is 4.79 Å². The van der Waals surface area contributed by atoms with Gasteiger partial charge in [0.25, 0.3) is 0 Å². The molecule has 0 saturated carbocycles. The molecule has 1 heterocycles. The number of hydrogen-bond donors (Lipinski definition) is 1. The van der Waals surface area contributed by atoms with Crippen LogP contribution in [0.25, 0.3) is 10.9 Å². The normalized spacial score (nSPS) is 12.2. The second-order valence-corrected chi connectivity index (χ2v) is 4.21. The van der Waals surface area contributed by atoms with E-state index in [1.807, 2.05) is 24.3 Å². The van der Waals surface area contributed by atoms with Gasteiger partial charge >= 0.3 is 5.97 Å². The Kier molecular flexibility index (Phi) is 3.97. The minimum Gasteiger partial charge on any atom is -0.481 e.